The molecule has 0 spiro atoms. The van der Waals surface area contributed by atoms with Gasteiger partial charge in [-0.25, -0.2) is 0 Å². The molecule has 0 aliphatic carbocycles. The van der Waals surface area contributed by atoms with Crippen LogP contribution in [0.2, 0.25) is 10.0 Å². The molecule has 188 valence electrons. The maximum atomic E-state index is 13.0. The summed E-state index contributed by atoms with van der Waals surface area (Å²) in [7, 11) is 0. The fourth-order valence-electron chi connectivity index (χ4n) is 3.51. The maximum absolute atomic E-state index is 13.0. The highest BCUT2D eigenvalue weighted by Gasteiger charge is 2.17. The first-order valence-electron chi connectivity index (χ1n) is 11.3. The van der Waals surface area contributed by atoms with Crippen LogP contribution in [0.5, 0.6) is 17.2 Å². The van der Waals surface area contributed by atoms with E-state index in [1.165, 1.54) is 24.3 Å². The van der Waals surface area contributed by atoms with Crippen molar-refractivity contribution >= 4 is 46.6 Å². The van der Waals surface area contributed by atoms with Gasteiger partial charge in [0.15, 0.2) is 0 Å². The molecule has 1 unspecified atom stereocenters. The smallest absolute Gasteiger partial charge is 0.313 e. The van der Waals surface area contributed by atoms with Gasteiger partial charge in [0, 0.05) is 11.8 Å². The number of phenolic OH excluding ortho intramolecular Hbond substituents is 2. The van der Waals surface area contributed by atoms with Crippen molar-refractivity contribution < 1.29 is 24.5 Å². The maximum Gasteiger partial charge on any atom is 0.313 e. The summed E-state index contributed by atoms with van der Waals surface area (Å²) in [5, 5.41) is 23.6. The van der Waals surface area contributed by atoms with E-state index in [1.54, 1.807) is 54.6 Å². The average Bonchev–Trinajstić information content (AvgIpc) is 2.86. The van der Waals surface area contributed by atoms with E-state index in [-0.39, 0.29) is 17.9 Å². The number of para-hydroxylation sites is 3. The number of halogens is 2. The van der Waals surface area contributed by atoms with Gasteiger partial charge < -0.3 is 25.0 Å². The molecule has 37 heavy (non-hydrogen) atoms. The first-order valence-corrected chi connectivity index (χ1v) is 12.0. The highest BCUT2D eigenvalue weighted by Crippen LogP contribution is 2.33. The third-order valence-corrected chi connectivity index (χ3v) is 5.82. The second-order valence-electron chi connectivity index (χ2n) is 7.99. The number of carbonyl (C=O) groups is 1. The summed E-state index contributed by atoms with van der Waals surface area (Å²) in [6.07, 6.45) is 1.97. The minimum atomic E-state index is -1.07. The van der Waals surface area contributed by atoms with Gasteiger partial charge in [-0.1, -0.05) is 71.7 Å². The van der Waals surface area contributed by atoms with Gasteiger partial charge in [0.25, 0.3) is 6.29 Å². The van der Waals surface area contributed by atoms with Gasteiger partial charge in [0.05, 0.1) is 22.2 Å². The molecule has 0 fully saturated rings. The number of anilines is 2. The van der Waals surface area contributed by atoms with Gasteiger partial charge in [-0.05, 0) is 59.7 Å². The Morgan fingerprint density at radius 2 is 1.51 bits per heavy atom. The van der Waals surface area contributed by atoms with Crippen molar-refractivity contribution in [1.82, 2.24) is 0 Å². The molecule has 4 rings (SSSR count). The summed E-state index contributed by atoms with van der Waals surface area (Å²) in [5.41, 5.74) is 2.36. The molecular formula is C29H23Cl2NO5. The molecule has 1 atom stereocenters. The summed E-state index contributed by atoms with van der Waals surface area (Å²) in [5.74, 6) is -0.234. The Morgan fingerprint density at radius 3 is 2.22 bits per heavy atom. The molecule has 4 aromatic carbocycles. The molecule has 0 aliphatic heterocycles. The Kier molecular flexibility index (Phi) is 8.56. The molecular weight excluding hydrogens is 513 g/mol. The normalized spacial score (nSPS) is 11.7. The summed E-state index contributed by atoms with van der Waals surface area (Å²) in [6.45, 7) is 0. The minimum absolute atomic E-state index is 0.0549. The van der Waals surface area contributed by atoms with Crippen molar-refractivity contribution in [2.45, 2.75) is 12.7 Å². The second-order valence-corrected chi connectivity index (χ2v) is 8.80. The Bertz CT molecular complexity index is 1370. The van der Waals surface area contributed by atoms with Crippen molar-refractivity contribution in [1.29, 1.82) is 0 Å². The topological polar surface area (TPSA) is 88.0 Å². The Hall–Kier alpha value is -4.13. The largest absolute Gasteiger partial charge is 0.508 e. The number of esters is 1. The molecule has 0 saturated heterocycles. The predicted octanol–water partition coefficient (Wildman–Crippen LogP) is 7.35. The zero-order valence-corrected chi connectivity index (χ0v) is 21.0. The lowest BCUT2D eigenvalue weighted by Gasteiger charge is -2.18. The molecule has 0 aromatic heterocycles. The molecule has 0 heterocycles. The third-order valence-electron chi connectivity index (χ3n) is 5.19. The predicted molar refractivity (Wildman–Crippen MR) is 146 cm³/mol. The zero-order chi connectivity index (χ0) is 26.2. The number of ether oxygens (including phenoxy) is 2. The summed E-state index contributed by atoms with van der Waals surface area (Å²) in [4.78, 5) is 13.0. The third kappa shape index (κ3) is 7.43. The Labute approximate surface area is 224 Å². The van der Waals surface area contributed by atoms with Crippen LogP contribution in [-0.2, 0) is 16.0 Å². The number of phenols is 2. The van der Waals surface area contributed by atoms with E-state index in [0.29, 0.717) is 38.3 Å². The van der Waals surface area contributed by atoms with E-state index < -0.39 is 12.3 Å². The lowest BCUT2D eigenvalue weighted by molar-refractivity contribution is -0.156. The van der Waals surface area contributed by atoms with Gasteiger partial charge in [-0.2, -0.15) is 0 Å². The number of hydrogen-bond acceptors (Lipinski definition) is 6. The van der Waals surface area contributed by atoms with Crippen LogP contribution in [0.15, 0.2) is 97.1 Å². The van der Waals surface area contributed by atoms with Crippen LogP contribution >= 0.6 is 23.2 Å². The molecule has 3 N–H and O–H groups in total. The average molecular weight is 536 g/mol. The number of benzene rings is 4. The standard InChI is InChI=1S/C29H23Cl2NO5/c30-24-10-6-11-25(31)29(24)32-26-12-5-4-7-20(26)17-27(35)37-28(36-23-8-2-1-3-9-23)14-13-19-15-21(33)18-22(34)16-19/h1-16,18,28,32-34H,17H2/b14-13+. The molecule has 0 bridgehead atoms. The molecule has 4 aromatic rings. The van der Waals surface area contributed by atoms with E-state index in [1.807, 2.05) is 24.3 Å². The molecule has 8 heteroatoms. The van der Waals surface area contributed by atoms with E-state index in [2.05, 4.69) is 5.32 Å². The van der Waals surface area contributed by atoms with Crippen LogP contribution in [0, 0.1) is 0 Å². The summed E-state index contributed by atoms with van der Waals surface area (Å²) in [6, 6.07) is 25.5. The van der Waals surface area contributed by atoms with E-state index in [4.69, 9.17) is 32.7 Å². The number of nitrogens with one attached hydrogen (secondary N) is 1. The van der Waals surface area contributed by atoms with Crippen molar-refractivity contribution in [3.63, 3.8) is 0 Å². The molecule has 0 aliphatic rings. The number of rotatable bonds is 9. The molecule has 0 radical (unpaired) electrons. The van der Waals surface area contributed by atoms with E-state index >= 15 is 0 Å². The number of carbonyl (C=O) groups excluding carboxylic acids is 1. The number of hydrogen-bond donors (Lipinski definition) is 3. The fraction of sp³-hybridized carbons (Fsp3) is 0.0690. The first-order chi connectivity index (χ1) is 17.9. The van der Waals surface area contributed by atoms with Crippen molar-refractivity contribution in [3.8, 4) is 17.2 Å². The minimum Gasteiger partial charge on any atom is -0.508 e. The Balaban J connectivity index is 1.52. The lowest BCUT2D eigenvalue weighted by atomic mass is 10.1. The highest BCUT2D eigenvalue weighted by atomic mass is 35.5. The quantitative estimate of drug-likeness (QED) is 0.153. The van der Waals surface area contributed by atoms with Crippen LogP contribution in [-0.4, -0.2) is 22.5 Å². The van der Waals surface area contributed by atoms with Gasteiger partial charge in [0.2, 0.25) is 0 Å². The van der Waals surface area contributed by atoms with Crippen LogP contribution in [0.1, 0.15) is 11.1 Å². The van der Waals surface area contributed by atoms with Crippen molar-refractivity contribution in [3.05, 3.63) is 118 Å². The summed E-state index contributed by atoms with van der Waals surface area (Å²) >= 11 is 12.6. The molecule has 0 saturated carbocycles. The van der Waals surface area contributed by atoms with Crippen molar-refractivity contribution in [2.75, 3.05) is 5.32 Å². The summed E-state index contributed by atoms with van der Waals surface area (Å²) < 4.78 is 11.5. The SMILES string of the molecule is O=C(Cc1ccccc1Nc1c(Cl)cccc1Cl)OC(/C=C/c1cc(O)cc(O)c1)Oc1ccccc1. The molecule has 6 nitrogen and oxygen atoms in total. The number of aromatic hydroxyl groups is 2. The van der Waals surface area contributed by atoms with E-state index in [0.717, 1.165) is 0 Å². The van der Waals surface area contributed by atoms with Gasteiger partial charge in [0.1, 0.15) is 17.2 Å². The van der Waals surface area contributed by atoms with Crippen LogP contribution in [0.3, 0.4) is 0 Å². The van der Waals surface area contributed by atoms with Crippen LogP contribution in [0.4, 0.5) is 11.4 Å². The lowest BCUT2D eigenvalue weighted by Crippen LogP contribution is -2.23. The zero-order valence-electron chi connectivity index (χ0n) is 19.5. The monoisotopic (exact) mass is 535 g/mol. The van der Waals surface area contributed by atoms with Gasteiger partial charge >= 0.3 is 5.97 Å². The van der Waals surface area contributed by atoms with Gasteiger partial charge in [-0.3, -0.25) is 4.79 Å². The van der Waals surface area contributed by atoms with Crippen molar-refractivity contribution in [2.24, 2.45) is 0 Å². The van der Waals surface area contributed by atoms with Crippen LogP contribution < -0.4 is 10.1 Å². The van der Waals surface area contributed by atoms with Gasteiger partial charge in [-0.15, -0.1) is 0 Å². The fourth-order valence-corrected chi connectivity index (χ4v) is 4.01. The molecule has 0 amide bonds. The first kappa shape index (κ1) is 25.9. The second kappa shape index (κ2) is 12.2. The highest BCUT2D eigenvalue weighted by molar-refractivity contribution is 6.39. The Morgan fingerprint density at radius 1 is 0.865 bits per heavy atom. The van der Waals surface area contributed by atoms with Crippen LogP contribution in [0.25, 0.3) is 6.08 Å². The van der Waals surface area contributed by atoms with E-state index in [9.17, 15) is 15.0 Å².